The Morgan fingerprint density at radius 2 is 2.00 bits per heavy atom. The van der Waals surface area contributed by atoms with E-state index in [0.29, 0.717) is 5.88 Å². The third-order valence-electron chi connectivity index (χ3n) is 3.26. The Balaban J connectivity index is 1.81. The summed E-state index contributed by atoms with van der Waals surface area (Å²) in [5.41, 5.74) is 3.97. The van der Waals surface area contributed by atoms with E-state index in [1.165, 1.54) is 23.2 Å². The molecule has 0 saturated heterocycles. The first kappa shape index (κ1) is 11.1. The molecule has 0 radical (unpaired) electrons. The molecule has 17 heavy (non-hydrogen) atoms. The summed E-state index contributed by atoms with van der Waals surface area (Å²) in [6.45, 7) is 2.16. The van der Waals surface area contributed by atoms with Crippen LogP contribution in [0.4, 0.5) is 5.69 Å². The average Bonchev–Trinajstić information content (AvgIpc) is 2.86. The highest BCUT2D eigenvalue weighted by Crippen LogP contribution is 2.27. The van der Waals surface area contributed by atoms with Gasteiger partial charge in [-0.25, -0.2) is 0 Å². The van der Waals surface area contributed by atoms with Crippen molar-refractivity contribution in [2.45, 2.75) is 18.8 Å². The van der Waals surface area contributed by atoms with Gasteiger partial charge in [0, 0.05) is 29.5 Å². The van der Waals surface area contributed by atoms with Gasteiger partial charge in [0.25, 0.3) is 0 Å². The van der Waals surface area contributed by atoms with Crippen molar-refractivity contribution >= 4 is 28.6 Å². The van der Waals surface area contributed by atoms with Crippen molar-refractivity contribution < 1.29 is 0 Å². The van der Waals surface area contributed by atoms with Crippen LogP contribution in [0.5, 0.6) is 0 Å². The number of benzene rings is 1. The first-order valence-electron chi connectivity index (χ1n) is 5.82. The lowest BCUT2D eigenvalue weighted by molar-refractivity contribution is 0.744. The smallest absolute Gasteiger partial charge is 0.0474 e. The van der Waals surface area contributed by atoms with Crippen LogP contribution in [0, 0.1) is 0 Å². The first-order chi connectivity index (χ1) is 8.36. The molecule has 2 heterocycles. The Hall–Kier alpha value is -0.990. The summed E-state index contributed by atoms with van der Waals surface area (Å²) in [4.78, 5) is 3.99. The lowest BCUT2D eigenvalue weighted by atomic mass is 10.1. The summed E-state index contributed by atoms with van der Waals surface area (Å²) in [5, 5.41) is 2.20. The molecular formula is C14H14ClNS. The number of hydrogen-bond acceptors (Lipinski definition) is 2. The summed E-state index contributed by atoms with van der Waals surface area (Å²) >= 11 is 7.69. The molecule has 0 bridgehead atoms. The fourth-order valence-corrected chi connectivity index (χ4v) is 3.33. The largest absolute Gasteiger partial charge is 0.367 e. The Morgan fingerprint density at radius 3 is 2.76 bits per heavy atom. The number of anilines is 1. The summed E-state index contributed by atoms with van der Waals surface area (Å²) in [6, 6.07) is 10.8. The van der Waals surface area contributed by atoms with Crippen molar-refractivity contribution in [1.29, 1.82) is 0 Å². The fraction of sp³-hybridized carbons (Fsp3) is 0.286. The van der Waals surface area contributed by atoms with Crippen molar-refractivity contribution in [3.8, 4) is 0 Å². The van der Waals surface area contributed by atoms with Gasteiger partial charge in [-0.2, -0.15) is 0 Å². The van der Waals surface area contributed by atoms with Gasteiger partial charge in [0.1, 0.15) is 0 Å². The Labute approximate surface area is 111 Å². The molecule has 1 aliphatic rings. The maximum Gasteiger partial charge on any atom is 0.0474 e. The minimum Gasteiger partial charge on any atom is -0.367 e. The minimum atomic E-state index is 0.592. The molecule has 0 N–H and O–H groups in total. The van der Waals surface area contributed by atoms with E-state index < -0.39 is 0 Å². The predicted molar refractivity (Wildman–Crippen MR) is 75.1 cm³/mol. The fourth-order valence-electron chi connectivity index (χ4n) is 2.26. The number of alkyl halides is 1. The quantitative estimate of drug-likeness (QED) is 0.739. The molecule has 0 fully saturated rings. The summed E-state index contributed by atoms with van der Waals surface area (Å²) in [7, 11) is 0. The molecule has 3 rings (SSSR count). The van der Waals surface area contributed by atoms with Crippen LogP contribution in [-0.2, 0) is 18.8 Å². The predicted octanol–water partition coefficient (Wildman–Crippen LogP) is 4.05. The SMILES string of the molecule is ClCc1ccc(N2CCc3sccc3C2)cc1. The Morgan fingerprint density at radius 1 is 1.18 bits per heavy atom. The van der Waals surface area contributed by atoms with Crippen LogP contribution in [0.15, 0.2) is 35.7 Å². The van der Waals surface area contributed by atoms with Gasteiger partial charge in [-0.1, -0.05) is 12.1 Å². The number of fused-ring (bicyclic) bond motifs is 1. The third-order valence-corrected chi connectivity index (χ3v) is 4.60. The van der Waals surface area contributed by atoms with Crippen LogP contribution in [0.3, 0.4) is 0 Å². The van der Waals surface area contributed by atoms with E-state index in [1.807, 2.05) is 11.3 Å². The lowest BCUT2D eigenvalue weighted by Gasteiger charge is -2.29. The molecule has 0 saturated carbocycles. The summed E-state index contributed by atoms with van der Waals surface area (Å²) in [6.07, 6.45) is 1.17. The van der Waals surface area contributed by atoms with Gasteiger partial charge >= 0.3 is 0 Å². The van der Waals surface area contributed by atoms with Crippen molar-refractivity contribution in [3.63, 3.8) is 0 Å². The molecule has 1 nitrogen and oxygen atoms in total. The van der Waals surface area contributed by atoms with Crippen LogP contribution < -0.4 is 4.90 Å². The molecule has 1 aromatic carbocycles. The molecule has 0 atom stereocenters. The highest BCUT2D eigenvalue weighted by Gasteiger charge is 2.17. The van der Waals surface area contributed by atoms with Crippen LogP contribution in [0.1, 0.15) is 16.0 Å². The zero-order valence-corrected chi connectivity index (χ0v) is 11.1. The van der Waals surface area contributed by atoms with Crippen molar-refractivity contribution in [2.24, 2.45) is 0 Å². The van der Waals surface area contributed by atoms with E-state index in [2.05, 4.69) is 40.6 Å². The highest BCUT2D eigenvalue weighted by molar-refractivity contribution is 7.10. The summed E-state index contributed by atoms with van der Waals surface area (Å²) < 4.78 is 0. The minimum absolute atomic E-state index is 0.592. The number of hydrogen-bond donors (Lipinski definition) is 0. The number of halogens is 1. The van der Waals surface area contributed by atoms with E-state index >= 15 is 0 Å². The van der Waals surface area contributed by atoms with Crippen LogP contribution >= 0.6 is 22.9 Å². The molecule has 2 aromatic rings. The van der Waals surface area contributed by atoms with Crippen LogP contribution in [-0.4, -0.2) is 6.54 Å². The molecule has 0 unspecified atom stereocenters. The normalized spacial score (nSPS) is 14.8. The molecule has 88 valence electrons. The average molecular weight is 264 g/mol. The van der Waals surface area contributed by atoms with Gasteiger partial charge in [0.05, 0.1) is 0 Å². The van der Waals surface area contributed by atoms with Crippen LogP contribution in [0.25, 0.3) is 0 Å². The zero-order chi connectivity index (χ0) is 11.7. The van der Waals surface area contributed by atoms with E-state index in [0.717, 1.165) is 13.1 Å². The molecule has 3 heteroatoms. The standard InChI is InChI=1S/C14H14ClNS/c15-9-11-1-3-13(4-2-11)16-7-5-14-12(10-16)6-8-17-14/h1-4,6,8H,5,7,9-10H2. The van der Waals surface area contributed by atoms with Crippen molar-refractivity contribution in [2.75, 3.05) is 11.4 Å². The second-order valence-corrected chi connectivity index (χ2v) is 5.61. The van der Waals surface area contributed by atoms with Gasteiger partial charge in [-0.3, -0.25) is 0 Å². The molecule has 1 aliphatic heterocycles. The molecular weight excluding hydrogens is 250 g/mol. The third kappa shape index (κ3) is 2.20. The van der Waals surface area contributed by atoms with Crippen molar-refractivity contribution in [1.82, 2.24) is 0 Å². The second kappa shape index (κ2) is 4.71. The Bertz CT molecular complexity index is 503. The van der Waals surface area contributed by atoms with Gasteiger partial charge in [-0.05, 0) is 41.1 Å². The maximum atomic E-state index is 5.81. The Kier molecular flexibility index (Phi) is 3.08. The van der Waals surface area contributed by atoms with E-state index in [4.69, 9.17) is 11.6 Å². The van der Waals surface area contributed by atoms with Gasteiger partial charge in [0.2, 0.25) is 0 Å². The molecule has 0 spiro atoms. The number of nitrogens with zero attached hydrogens (tertiary/aromatic N) is 1. The van der Waals surface area contributed by atoms with Gasteiger partial charge in [-0.15, -0.1) is 22.9 Å². The first-order valence-corrected chi connectivity index (χ1v) is 7.23. The zero-order valence-electron chi connectivity index (χ0n) is 9.53. The second-order valence-electron chi connectivity index (χ2n) is 4.34. The van der Waals surface area contributed by atoms with Crippen LogP contribution in [0.2, 0.25) is 0 Å². The topological polar surface area (TPSA) is 3.24 Å². The van der Waals surface area contributed by atoms with Crippen molar-refractivity contribution in [3.05, 3.63) is 51.7 Å². The lowest BCUT2D eigenvalue weighted by Crippen LogP contribution is -2.29. The van der Waals surface area contributed by atoms with E-state index in [9.17, 15) is 0 Å². The van der Waals surface area contributed by atoms with E-state index in [1.54, 1.807) is 4.88 Å². The number of rotatable bonds is 2. The monoisotopic (exact) mass is 263 g/mol. The highest BCUT2D eigenvalue weighted by atomic mass is 35.5. The van der Waals surface area contributed by atoms with E-state index in [-0.39, 0.29) is 0 Å². The van der Waals surface area contributed by atoms with Gasteiger partial charge in [0.15, 0.2) is 0 Å². The van der Waals surface area contributed by atoms with Gasteiger partial charge < -0.3 is 4.90 Å². The number of thiophene rings is 1. The maximum absolute atomic E-state index is 5.81. The molecule has 0 amide bonds. The molecule has 0 aliphatic carbocycles. The summed E-state index contributed by atoms with van der Waals surface area (Å²) in [5.74, 6) is 0.592. The molecule has 1 aromatic heterocycles.